The number of allylic oxidation sites excluding steroid dienone is 2. The largest absolute Gasteiger partial charge is 0.438 e. The Bertz CT molecular complexity index is 453. The molecule has 0 saturated carbocycles. The van der Waals surface area contributed by atoms with Crippen LogP contribution in [0, 0.1) is 10.1 Å². The third-order valence-corrected chi connectivity index (χ3v) is 2.14. The highest BCUT2D eigenvalue weighted by Gasteiger charge is 2.02. The lowest BCUT2D eigenvalue weighted by Crippen LogP contribution is -2.04. The molecule has 0 N–H and O–H groups in total. The van der Waals surface area contributed by atoms with Crippen LogP contribution < -0.4 is 4.74 Å². The number of nitrogens with zero attached hydrogens (tertiary/aromatic N) is 3. The van der Waals surface area contributed by atoms with Crippen LogP contribution in [0.4, 0.5) is 0 Å². The Morgan fingerprint density at radius 3 is 2.65 bits per heavy atom. The molecular weight excluding hydrogens is 258 g/mol. The quantitative estimate of drug-likeness (QED) is 0.347. The summed E-state index contributed by atoms with van der Waals surface area (Å²) in [5.41, 5.74) is 0.810. The fourth-order valence-electron chi connectivity index (χ4n) is 1.25. The molecule has 0 aliphatic heterocycles. The van der Waals surface area contributed by atoms with E-state index in [-0.39, 0.29) is 11.5 Å². The zero-order valence-electron chi connectivity index (χ0n) is 12.4. The molecule has 1 rings (SSSR count). The van der Waals surface area contributed by atoms with Crippen molar-refractivity contribution in [3.63, 3.8) is 0 Å². The van der Waals surface area contributed by atoms with Crippen LogP contribution >= 0.6 is 0 Å². The lowest BCUT2D eigenvalue weighted by molar-refractivity contribution is -0.479. The van der Waals surface area contributed by atoms with Gasteiger partial charge in [0.15, 0.2) is 0 Å². The van der Waals surface area contributed by atoms with Gasteiger partial charge in [-0.2, -0.15) is 0 Å². The molecule has 0 bridgehead atoms. The topological polar surface area (TPSA) is 77.6 Å². The molecule has 110 valence electrons. The molecule has 20 heavy (non-hydrogen) atoms. The molecule has 6 heteroatoms. The second-order valence-electron chi connectivity index (χ2n) is 3.49. The number of hydrogen-bond donors (Lipinski definition) is 0. The summed E-state index contributed by atoms with van der Waals surface area (Å²) < 4.78 is 5.45. The highest BCUT2D eigenvalue weighted by Crippen LogP contribution is 2.11. The van der Waals surface area contributed by atoms with Crippen LogP contribution in [0.5, 0.6) is 5.88 Å². The Morgan fingerprint density at radius 1 is 1.50 bits per heavy atom. The van der Waals surface area contributed by atoms with E-state index in [0.717, 1.165) is 5.56 Å². The monoisotopic (exact) mass is 279 g/mol. The average Bonchev–Trinajstić information content (AvgIpc) is 2.48. The number of aromatic nitrogens is 1. The molecule has 0 aliphatic carbocycles. The van der Waals surface area contributed by atoms with Crippen LogP contribution in [0.25, 0.3) is 0 Å². The second kappa shape index (κ2) is 10.7. The van der Waals surface area contributed by atoms with Gasteiger partial charge in [-0.3, -0.25) is 15.1 Å². The van der Waals surface area contributed by atoms with E-state index < -0.39 is 0 Å². The Labute approximate surface area is 119 Å². The minimum absolute atomic E-state index is 0.0928. The number of hydrogen-bond acceptors (Lipinski definition) is 5. The number of nitro groups is 1. The Kier molecular flexibility index (Phi) is 9.47. The van der Waals surface area contributed by atoms with Crippen LogP contribution in [0.15, 0.2) is 35.2 Å². The molecule has 0 amide bonds. The molecule has 0 fully saturated rings. The molecule has 1 aromatic rings. The summed E-state index contributed by atoms with van der Waals surface area (Å²) in [6.07, 6.45) is 5.31. The van der Waals surface area contributed by atoms with Crippen molar-refractivity contribution in [3.05, 3.63) is 45.8 Å². The molecule has 1 aromatic heterocycles. The summed E-state index contributed by atoms with van der Waals surface area (Å²) in [6, 6.07) is 3.45. The molecule has 6 nitrogen and oxygen atoms in total. The van der Waals surface area contributed by atoms with Gasteiger partial charge in [-0.05, 0) is 18.6 Å². The van der Waals surface area contributed by atoms with Crippen molar-refractivity contribution in [3.8, 4) is 5.88 Å². The summed E-state index contributed by atoms with van der Waals surface area (Å²) in [7, 11) is 1.65. The standard InChI is InChI=1S/C12H15N3O3.C2H6/c1-3-11(9-13-2)18-12-5-4-10(8-14-12)6-7-15(16)17;1-2/h3-5,8-9H,6-7H2,1-2H3;1-2H3/b11-3+,13-9?;. The van der Waals surface area contributed by atoms with Crippen LogP contribution in [-0.4, -0.2) is 29.7 Å². The van der Waals surface area contributed by atoms with Gasteiger partial charge >= 0.3 is 0 Å². The normalized spacial score (nSPS) is 10.9. The van der Waals surface area contributed by atoms with E-state index in [1.54, 1.807) is 37.7 Å². The Morgan fingerprint density at radius 2 is 2.20 bits per heavy atom. The summed E-state index contributed by atoms with van der Waals surface area (Å²) in [5, 5.41) is 10.2. The van der Waals surface area contributed by atoms with Crippen molar-refractivity contribution in [1.82, 2.24) is 4.98 Å². The van der Waals surface area contributed by atoms with Gasteiger partial charge in [0, 0.05) is 30.7 Å². The van der Waals surface area contributed by atoms with Gasteiger partial charge in [0.2, 0.25) is 12.4 Å². The maximum absolute atomic E-state index is 10.2. The lowest BCUT2D eigenvalue weighted by Gasteiger charge is -2.04. The van der Waals surface area contributed by atoms with Crippen molar-refractivity contribution in [2.75, 3.05) is 13.6 Å². The minimum Gasteiger partial charge on any atom is -0.438 e. The van der Waals surface area contributed by atoms with Gasteiger partial charge < -0.3 is 4.74 Å². The van der Waals surface area contributed by atoms with Gasteiger partial charge in [-0.25, -0.2) is 4.98 Å². The molecule has 0 unspecified atom stereocenters. The second-order valence-corrected chi connectivity index (χ2v) is 3.49. The third-order valence-electron chi connectivity index (χ3n) is 2.14. The number of ether oxygens (including phenoxy) is 1. The van der Waals surface area contributed by atoms with Crippen LogP contribution in [0.3, 0.4) is 0 Å². The molecule has 1 heterocycles. The Hall–Kier alpha value is -2.24. The van der Waals surface area contributed by atoms with Gasteiger partial charge in [-0.1, -0.05) is 19.9 Å². The minimum atomic E-state index is -0.347. The zero-order chi connectivity index (χ0) is 15.4. The third kappa shape index (κ3) is 7.25. The van der Waals surface area contributed by atoms with E-state index in [4.69, 9.17) is 4.74 Å². The molecule has 0 saturated heterocycles. The van der Waals surface area contributed by atoms with Gasteiger partial charge in [0.1, 0.15) is 5.76 Å². The van der Waals surface area contributed by atoms with E-state index in [1.165, 1.54) is 0 Å². The number of aliphatic imine (C=N–C) groups is 1. The van der Waals surface area contributed by atoms with E-state index in [2.05, 4.69) is 9.98 Å². The first-order valence-electron chi connectivity index (χ1n) is 6.48. The molecule has 0 spiro atoms. The van der Waals surface area contributed by atoms with E-state index >= 15 is 0 Å². The van der Waals surface area contributed by atoms with Gasteiger partial charge in [0.05, 0.1) is 6.21 Å². The van der Waals surface area contributed by atoms with Crippen molar-refractivity contribution in [2.45, 2.75) is 27.2 Å². The first-order valence-corrected chi connectivity index (χ1v) is 6.48. The summed E-state index contributed by atoms with van der Waals surface area (Å²) in [4.78, 5) is 17.8. The predicted octanol–water partition coefficient (Wildman–Crippen LogP) is 2.91. The Balaban J connectivity index is 0.00000172. The number of rotatable bonds is 6. The first kappa shape index (κ1) is 17.8. The van der Waals surface area contributed by atoms with Gasteiger partial charge in [-0.15, -0.1) is 0 Å². The molecular formula is C14H21N3O3. The van der Waals surface area contributed by atoms with Crippen LogP contribution in [0.2, 0.25) is 0 Å². The van der Waals surface area contributed by atoms with Crippen LogP contribution in [-0.2, 0) is 6.42 Å². The van der Waals surface area contributed by atoms with Crippen molar-refractivity contribution in [2.24, 2.45) is 4.99 Å². The molecule has 0 atom stereocenters. The lowest BCUT2D eigenvalue weighted by atomic mass is 10.2. The summed E-state index contributed by atoms with van der Waals surface area (Å²) in [6.45, 7) is 5.74. The van der Waals surface area contributed by atoms with E-state index in [9.17, 15) is 10.1 Å². The maximum atomic E-state index is 10.2. The zero-order valence-corrected chi connectivity index (χ0v) is 12.4. The first-order chi connectivity index (χ1) is 9.65. The summed E-state index contributed by atoms with van der Waals surface area (Å²) >= 11 is 0. The van der Waals surface area contributed by atoms with Gasteiger partial charge in [0.25, 0.3) is 0 Å². The maximum Gasteiger partial charge on any atom is 0.219 e. The van der Waals surface area contributed by atoms with Crippen molar-refractivity contribution < 1.29 is 9.66 Å². The highest BCUT2D eigenvalue weighted by atomic mass is 16.6. The fourth-order valence-corrected chi connectivity index (χ4v) is 1.25. The molecule has 0 radical (unpaired) electrons. The SMILES string of the molecule is C/C=C(\C=NC)Oc1ccc(CC[N+](=O)[O-])cn1.CC. The number of pyridine rings is 1. The predicted molar refractivity (Wildman–Crippen MR) is 80.0 cm³/mol. The highest BCUT2D eigenvalue weighted by molar-refractivity contribution is 5.76. The smallest absolute Gasteiger partial charge is 0.219 e. The fraction of sp³-hybridized carbons (Fsp3) is 0.429. The van der Waals surface area contributed by atoms with Crippen LogP contribution in [0.1, 0.15) is 26.3 Å². The van der Waals surface area contributed by atoms with Crippen molar-refractivity contribution in [1.29, 1.82) is 0 Å². The van der Waals surface area contributed by atoms with Crippen molar-refractivity contribution >= 4 is 6.21 Å². The van der Waals surface area contributed by atoms with E-state index in [0.29, 0.717) is 18.1 Å². The average molecular weight is 279 g/mol. The summed E-state index contributed by atoms with van der Waals surface area (Å²) in [5.74, 6) is 1.04. The molecule has 0 aromatic carbocycles. The van der Waals surface area contributed by atoms with E-state index in [1.807, 2.05) is 20.8 Å². The molecule has 0 aliphatic rings.